The first kappa shape index (κ1) is 13.6. The van der Waals surface area contributed by atoms with Crippen LogP contribution in [0.2, 0.25) is 0 Å². The van der Waals surface area contributed by atoms with Crippen molar-refractivity contribution in [1.82, 2.24) is 0 Å². The number of halogens is 4. The van der Waals surface area contributed by atoms with Crippen molar-refractivity contribution in [1.29, 1.82) is 0 Å². The zero-order valence-electron chi connectivity index (χ0n) is 6.81. The number of hydrogen-bond acceptors (Lipinski definition) is 2. The van der Waals surface area contributed by atoms with Crippen LogP contribution in [-0.4, -0.2) is 34.7 Å². The Morgan fingerprint density at radius 2 is 1.33 bits per heavy atom. The summed E-state index contributed by atoms with van der Waals surface area (Å²) in [6.07, 6.45) is 0.181. The molecule has 0 fully saturated rings. The monoisotopic (exact) mass is 192 g/mol. The van der Waals surface area contributed by atoms with Gasteiger partial charge in [0.1, 0.15) is 21.3 Å². The van der Waals surface area contributed by atoms with Crippen LogP contribution in [0.4, 0.5) is 21.7 Å². The lowest BCUT2D eigenvalue weighted by atomic mass is 10.3. The van der Waals surface area contributed by atoms with Crippen molar-refractivity contribution < 1.29 is 31.2 Å². The van der Waals surface area contributed by atoms with Crippen molar-refractivity contribution in [3.63, 3.8) is 0 Å². The van der Waals surface area contributed by atoms with E-state index in [0.717, 1.165) is 0 Å². The lowest BCUT2D eigenvalue weighted by Gasteiger charge is -1.94. The molecule has 0 aromatic rings. The van der Waals surface area contributed by atoms with Crippen molar-refractivity contribution in [2.24, 2.45) is 0 Å². The summed E-state index contributed by atoms with van der Waals surface area (Å²) in [5.74, 6) is 0. The third-order valence-corrected chi connectivity index (χ3v) is 0.500. The van der Waals surface area contributed by atoms with E-state index in [1.807, 2.05) is 0 Å². The van der Waals surface area contributed by atoms with Gasteiger partial charge in [-0.25, -0.2) is 0 Å². The molecule has 0 aromatic heterocycles. The minimum absolute atomic E-state index is 0.181. The zero-order valence-corrected chi connectivity index (χ0v) is 6.81. The summed E-state index contributed by atoms with van der Waals surface area (Å²) < 4.78 is 52.6. The molecule has 8 heteroatoms. The SMILES string of the molecule is COC(OC)=[O+]C.F[B-](F)(F)F. The van der Waals surface area contributed by atoms with Gasteiger partial charge in [-0.1, -0.05) is 0 Å². The van der Waals surface area contributed by atoms with Gasteiger partial charge in [0, 0.05) is 0 Å². The Hall–Kier alpha value is -0.945. The number of carbonyl (C=O) groups excluding carboxylic acids is 1. The van der Waals surface area contributed by atoms with Crippen molar-refractivity contribution in [3.05, 3.63) is 0 Å². The molecule has 0 aromatic carbocycles. The number of ether oxygens (including phenoxy) is 2. The van der Waals surface area contributed by atoms with Crippen LogP contribution >= 0.6 is 0 Å². The molecule has 0 atom stereocenters. The maximum atomic E-state index is 9.75. The van der Waals surface area contributed by atoms with E-state index >= 15 is 0 Å². The normalized spacial score (nSPS) is 9.25. The largest absolute Gasteiger partial charge is 0.713 e. The van der Waals surface area contributed by atoms with E-state index in [1.165, 1.54) is 21.3 Å². The molecule has 0 saturated heterocycles. The fraction of sp³-hybridized carbons (Fsp3) is 0.750. The smallest absolute Gasteiger partial charge is 0.418 e. The van der Waals surface area contributed by atoms with Gasteiger partial charge >= 0.3 is 13.4 Å². The third kappa shape index (κ3) is 23.0. The van der Waals surface area contributed by atoms with E-state index in [-0.39, 0.29) is 6.16 Å². The van der Waals surface area contributed by atoms with Gasteiger partial charge in [0.05, 0.1) is 0 Å². The highest BCUT2D eigenvalue weighted by Gasteiger charge is 2.20. The molecular formula is C4H9BF4O3. The van der Waals surface area contributed by atoms with Crippen LogP contribution in [0.15, 0.2) is 0 Å². The quantitative estimate of drug-likeness (QED) is 0.253. The molecule has 0 amide bonds. The van der Waals surface area contributed by atoms with Gasteiger partial charge in [-0.15, -0.1) is 0 Å². The van der Waals surface area contributed by atoms with Crippen LogP contribution in [0.1, 0.15) is 0 Å². The van der Waals surface area contributed by atoms with E-state index in [4.69, 9.17) is 0 Å². The van der Waals surface area contributed by atoms with Gasteiger partial charge in [-0.3, -0.25) is 0 Å². The molecule has 0 spiro atoms. The molecule has 0 bridgehead atoms. The highest BCUT2D eigenvalue weighted by atomic mass is 19.5. The van der Waals surface area contributed by atoms with Gasteiger partial charge in [-0.2, -0.15) is 0 Å². The molecule has 0 aliphatic heterocycles. The second kappa shape index (κ2) is 6.75. The lowest BCUT2D eigenvalue weighted by molar-refractivity contribution is -0.133. The Morgan fingerprint density at radius 3 is 1.33 bits per heavy atom. The molecule has 0 N–H and O–H groups in total. The highest BCUT2D eigenvalue weighted by Crippen LogP contribution is 2.06. The van der Waals surface area contributed by atoms with E-state index in [1.54, 1.807) is 0 Å². The molecule has 0 heterocycles. The summed E-state index contributed by atoms with van der Waals surface area (Å²) in [4.78, 5) is 0. The molecule has 0 aliphatic carbocycles. The second-order valence-electron chi connectivity index (χ2n) is 1.36. The Balaban J connectivity index is 0. The molecule has 12 heavy (non-hydrogen) atoms. The van der Waals surface area contributed by atoms with Crippen LogP contribution in [0, 0.1) is 0 Å². The number of methoxy groups -OCH3 is 2. The first-order chi connectivity index (χ1) is 5.35. The molecule has 74 valence electrons. The average molecular weight is 192 g/mol. The van der Waals surface area contributed by atoms with Crippen LogP contribution in [0.5, 0.6) is 0 Å². The van der Waals surface area contributed by atoms with E-state index in [0.29, 0.717) is 0 Å². The predicted octanol–water partition coefficient (Wildman–Crippen LogP) is 1.86. The van der Waals surface area contributed by atoms with Crippen molar-refractivity contribution in [2.75, 3.05) is 21.3 Å². The van der Waals surface area contributed by atoms with Crippen molar-refractivity contribution in [3.8, 4) is 0 Å². The molecule has 0 rings (SSSR count). The van der Waals surface area contributed by atoms with Crippen LogP contribution in [0.25, 0.3) is 0 Å². The Labute approximate surface area is 67.1 Å². The molecule has 0 aliphatic rings. The van der Waals surface area contributed by atoms with Gasteiger partial charge in [0.15, 0.2) is 0 Å². The van der Waals surface area contributed by atoms with E-state index in [9.17, 15) is 17.3 Å². The Bertz CT molecular complexity index is 123. The Kier molecular flexibility index (Phi) is 7.66. The van der Waals surface area contributed by atoms with Crippen molar-refractivity contribution >= 4 is 13.4 Å². The summed E-state index contributed by atoms with van der Waals surface area (Å²) in [6.45, 7) is 0. The lowest BCUT2D eigenvalue weighted by Crippen LogP contribution is -2.02. The second-order valence-corrected chi connectivity index (χ2v) is 1.36. The Morgan fingerprint density at radius 1 is 1.08 bits per heavy atom. The number of rotatable bonds is 0. The summed E-state index contributed by atoms with van der Waals surface area (Å²) >= 11 is 0. The van der Waals surface area contributed by atoms with Gasteiger partial charge < -0.3 is 31.2 Å². The summed E-state index contributed by atoms with van der Waals surface area (Å²) in [5.41, 5.74) is 0. The fourth-order valence-electron chi connectivity index (χ4n) is 0.250. The van der Waals surface area contributed by atoms with Gasteiger partial charge in [0.25, 0.3) is 0 Å². The predicted molar refractivity (Wildman–Crippen MR) is 35.5 cm³/mol. The molecule has 3 nitrogen and oxygen atoms in total. The molecule has 0 unspecified atom stereocenters. The van der Waals surface area contributed by atoms with Crippen molar-refractivity contribution in [2.45, 2.75) is 0 Å². The van der Waals surface area contributed by atoms with Crippen LogP contribution in [0.3, 0.4) is 0 Å². The first-order valence-electron chi connectivity index (χ1n) is 2.71. The summed E-state index contributed by atoms with van der Waals surface area (Å²) in [7, 11) is -1.58. The minimum Gasteiger partial charge on any atom is -0.418 e. The number of hydrogen-bond donors (Lipinski definition) is 0. The topological polar surface area (TPSA) is 29.8 Å². The van der Waals surface area contributed by atoms with Gasteiger partial charge in [0.2, 0.25) is 0 Å². The zero-order chi connectivity index (χ0) is 10.2. The fourth-order valence-corrected chi connectivity index (χ4v) is 0.250. The standard InChI is InChI=1S/C4H9O3.BF4/c1-5-4(6-2)7-3;2-1(3,4)5/h1-3H3;/q+1;-1. The highest BCUT2D eigenvalue weighted by molar-refractivity contribution is 6.50. The molecule has 0 saturated carbocycles. The maximum absolute atomic E-state index is 9.75. The molecular weight excluding hydrogens is 183 g/mol. The van der Waals surface area contributed by atoms with E-state index < -0.39 is 7.25 Å². The first-order valence-corrected chi connectivity index (χ1v) is 2.71. The average Bonchev–Trinajstić information content (AvgIpc) is 1.88. The van der Waals surface area contributed by atoms with Crippen LogP contribution in [-0.2, 0) is 9.47 Å². The van der Waals surface area contributed by atoms with Gasteiger partial charge in [-0.05, 0) is 0 Å². The maximum Gasteiger partial charge on any atom is 0.713 e. The summed E-state index contributed by atoms with van der Waals surface area (Å²) in [5, 5.41) is 0. The van der Waals surface area contributed by atoms with E-state index in [2.05, 4.69) is 13.9 Å². The summed E-state index contributed by atoms with van der Waals surface area (Å²) in [6, 6.07) is 0. The molecule has 0 radical (unpaired) electrons. The minimum atomic E-state index is -6.00. The third-order valence-electron chi connectivity index (χ3n) is 0.500. The van der Waals surface area contributed by atoms with Crippen LogP contribution < -0.4 is 0 Å².